The number of aromatic nitrogens is 2. The largest absolute Gasteiger partial charge is 0.493 e. The van der Waals surface area contributed by atoms with E-state index in [0.717, 1.165) is 19.3 Å². The molecule has 0 saturated carbocycles. The van der Waals surface area contributed by atoms with Gasteiger partial charge in [0.15, 0.2) is 11.5 Å². The molecular formula is C25H28N4O6. The van der Waals surface area contributed by atoms with Gasteiger partial charge in [-0.25, -0.2) is 4.79 Å². The van der Waals surface area contributed by atoms with Gasteiger partial charge in [0, 0.05) is 32.1 Å². The van der Waals surface area contributed by atoms with Gasteiger partial charge in [-0.15, -0.1) is 0 Å². The summed E-state index contributed by atoms with van der Waals surface area (Å²) >= 11 is 0. The van der Waals surface area contributed by atoms with Crippen LogP contribution in [0.5, 0.6) is 11.5 Å². The number of benzene rings is 2. The fraction of sp³-hybridized carbons (Fsp3) is 0.360. The van der Waals surface area contributed by atoms with Crippen LogP contribution < -0.4 is 26.0 Å². The average molecular weight is 481 g/mol. The molecule has 0 bridgehead atoms. The summed E-state index contributed by atoms with van der Waals surface area (Å²) in [4.78, 5) is 54.7. The molecule has 2 N–H and O–H groups in total. The molecule has 1 fully saturated rings. The molecule has 1 aliphatic rings. The normalized spacial score (nSPS) is 13.5. The Morgan fingerprint density at radius 3 is 2.40 bits per heavy atom. The minimum atomic E-state index is -0.589. The van der Waals surface area contributed by atoms with E-state index in [4.69, 9.17) is 9.47 Å². The molecule has 0 unspecified atom stereocenters. The molecule has 0 spiro atoms. The average Bonchev–Trinajstić information content (AvgIpc) is 2.88. The maximum atomic E-state index is 13.3. The number of nitrogens with zero attached hydrogens (tertiary/aromatic N) is 2. The molecule has 35 heavy (non-hydrogen) atoms. The number of carbonyl (C=O) groups is 2. The fourth-order valence-corrected chi connectivity index (χ4v) is 4.32. The first-order valence-corrected chi connectivity index (χ1v) is 11.5. The number of rotatable bonds is 7. The number of aryl methyl sites for hydroxylation is 1. The molecule has 1 aromatic heterocycles. The van der Waals surface area contributed by atoms with Crippen LogP contribution in [0.1, 0.15) is 36.0 Å². The van der Waals surface area contributed by atoms with Crippen molar-refractivity contribution >= 4 is 28.4 Å². The lowest BCUT2D eigenvalue weighted by Crippen LogP contribution is -2.36. The Morgan fingerprint density at radius 1 is 1.00 bits per heavy atom. The summed E-state index contributed by atoms with van der Waals surface area (Å²) in [7, 11) is 2.96. The summed E-state index contributed by atoms with van der Waals surface area (Å²) in [6.45, 7) is 1.36. The van der Waals surface area contributed by atoms with E-state index in [2.05, 4.69) is 10.3 Å². The predicted molar refractivity (Wildman–Crippen MR) is 131 cm³/mol. The summed E-state index contributed by atoms with van der Waals surface area (Å²) in [6.07, 6.45) is 2.89. The Bertz CT molecular complexity index is 1370. The lowest BCUT2D eigenvalue weighted by molar-refractivity contribution is -0.116. The third-order valence-corrected chi connectivity index (χ3v) is 6.14. The van der Waals surface area contributed by atoms with Crippen molar-refractivity contribution in [2.75, 3.05) is 32.6 Å². The highest BCUT2D eigenvalue weighted by Gasteiger charge is 2.24. The highest BCUT2D eigenvalue weighted by Crippen LogP contribution is 2.34. The quantitative estimate of drug-likeness (QED) is 0.535. The van der Waals surface area contributed by atoms with Crippen LogP contribution in [0.25, 0.3) is 10.9 Å². The molecule has 10 nitrogen and oxygen atoms in total. The third kappa shape index (κ3) is 5.06. The second-order valence-electron chi connectivity index (χ2n) is 8.33. The summed E-state index contributed by atoms with van der Waals surface area (Å²) in [5, 5.41) is 3.16. The topological polar surface area (TPSA) is 123 Å². The van der Waals surface area contributed by atoms with Crippen LogP contribution in [-0.4, -0.2) is 53.6 Å². The number of amides is 2. The first-order valence-electron chi connectivity index (χ1n) is 11.5. The van der Waals surface area contributed by atoms with E-state index in [-0.39, 0.29) is 18.9 Å². The van der Waals surface area contributed by atoms with Crippen LogP contribution in [0.15, 0.2) is 46.0 Å². The summed E-state index contributed by atoms with van der Waals surface area (Å²) < 4.78 is 12.1. The lowest BCUT2D eigenvalue weighted by atomic mass is 10.1. The Morgan fingerprint density at radius 2 is 1.69 bits per heavy atom. The van der Waals surface area contributed by atoms with Crippen molar-refractivity contribution in [2.24, 2.45) is 0 Å². The fourth-order valence-electron chi connectivity index (χ4n) is 4.32. The first-order chi connectivity index (χ1) is 16.9. The number of para-hydroxylation sites is 1. The highest BCUT2D eigenvalue weighted by atomic mass is 16.5. The van der Waals surface area contributed by atoms with Crippen LogP contribution >= 0.6 is 0 Å². The number of carbonyl (C=O) groups excluding carboxylic acids is 2. The zero-order valence-corrected chi connectivity index (χ0v) is 19.8. The molecule has 2 amide bonds. The maximum absolute atomic E-state index is 13.3. The van der Waals surface area contributed by atoms with Gasteiger partial charge >= 0.3 is 5.69 Å². The molecule has 10 heteroatoms. The number of aromatic amines is 1. The molecule has 0 aliphatic carbocycles. The van der Waals surface area contributed by atoms with E-state index in [0.29, 0.717) is 46.7 Å². The van der Waals surface area contributed by atoms with Crippen LogP contribution in [0, 0.1) is 0 Å². The van der Waals surface area contributed by atoms with Crippen molar-refractivity contribution in [3.05, 3.63) is 62.8 Å². The molecule has 2 aromatic carbocycles. The zero-order valence-electron chi connectivity index (χ0n) is 19.8. The minimum absolute atomic E-state index is 0.0463. The van der Waals surface area contributed by atoms with Crippen LogP contribution in [-0.2, 0) is 11.3 Å². The Kier molecular flexibility index (Phi) is 7.19. The van der Waals surface area contributed by atoms with Crippen molar-refractivity contribution < 1.29 is 19.1 Å². The van der Waals surface area contributed by atoms with E-state index in [9.17, 15) is 19.2 Å². The Balaban J connectivity index is 1.59. The number of hydrogen-bond donors (Lipinski definition) is 2. The highest BCUT2D eigenvalue weighted by molar-refractivity contribution is 6.04. The standard InChI is InChI=1S/C25H28N4O6/c1-34-20-14-17(24(32)28-11-6-3-7-12-28)18(15-21(20)35-2)26-22(30)10-13-29-19-9-5-4-8-16(19)23(31)27-25(29)33/h4-5,8-9,14-15H,3,6-7,10-13H2,1-2H3,(H,26,30)(H,27,31,33). The van der Waals surface area contributed by atoms with E-state index < -0.39 is 17.2 Å². The number of piperidine rings is 1. The van der Waals surface area contributed by atoms with Crippen LogP contribution in [0.4, 0.5) is 5.69 Å². The molecular weight excluding hydrogens is 452 g/mol. The Hall–Kier alpha value is -4.08. The van der Waals surface area contributed by atoms with Gasteiger partial charge in [0.05, 0.1) is 36.4 Å². The first kappa shape index (κ1) is 24.1. The lowest BCUT2D eigenvalue weighted by Gasteiger charge is -2.28. The zero-order chi connectivity index (χ0) is 24.9. The Labute approximate surface area is 201 Å². The summed E-state index contributed by atoms with van der Waals surface area (Å²) in [5.74, 6) is 0.175. The second kappa shape index (κ2) is 10.5. The maximum Gasteiger partial charge on any atom is 0.328 e. The van der Waals surface area contributed by atoms with Gasteiger partial charge in [0.2, 0.25) is 5.91 Å². The molecule has 3 aromatic rings. The van der Waals surface area contributed by atoms with Gasteiger partial charge in [0.1, 0.15) is 0 Å². The number of anilines is 1. The summed E-state index contributed by atoms with van der Waals surface area (Å²) in [6, 6.07) is 9.84. The van der Waals surface area contributed by atoms with Gasteiger partial charge in [-0.3, -0.25) is 23.9 Å². The van der Waals surface area contributed by atoms with Gasteiger partial charge in [-0.1, -0.05) is 12.1 Å². The molecule has 1 saturated heterocycles. The predicted octanol–water partition coefficient (Wildman–Crippen LogP) is 2.36. The number of hydrogen-bond acceptors (Lipinski definition) is 6. The summed E-state index contributed by atoms with van der Waals surface area (Å²) in [5.41, 5.74) is -0.00124. The monoisotopic (exact) mass is 480 g/mol. The molecule has 184 valence electrons. The van der Waals surface area contributed by atoms with Gasteiger partial charge < -0.3 is 19.7 Å². The molecule has 4 rings (SSSR count). The van der Waals surface area contributed by atoms with E-state index in [1.165, 1.54) is 18.8 Å². The smallest absolute Gasteiger partial charge is 0.328 e. The van der Waals surface area contributed by atoms with Gasteiger partial charge in [-0.05, 0) is 37.5 Å². The van der Waals surface area contributed by atoms with Crippen molar-refractivity contribution in [3.8, 4) is 11.5 Å². The number of H-pyrrole nitrogens is 1. The third-order valence-electron chi connectivity index (χ3n) is 6.14. The number of nitrogens with one attached hydrogen (secondary N) is 2. The number of methoxy groups -OCH3 is 2. The van der Waals surface area contributed by atoms with Crippen molar-refractivity contribution in [3.63, 3.8) is 0 Å². The van der Waals surface area contributed by atoms with Crippen molar-refractivity contribution in [1.29, 1.82) is 0 Å². The van der Waals surface area contributed by atoms with E-state index >= 15 is 0 Å². The molecule has 1 aliphatic heterocycles. The van der Waals surface area contributed by atoms with Crippen molar-refractivity contribution in [1.82, 2.24) is 14.5 Å². The van der Waals surface area contributed by atoms with Crippen LogP contribution in [0.3, 0.4) is 0 Å². The number of likely N-dealkylation sites (tertiary alicyclic amines) is 1. The van der Waals surface area contributed by atoms with E-state index in [1.54, 1.807) is 41.3 Å². The molecule has 0 radical (unpaired) electrons. The SMILES string of the molecule is COc1cc(NC(=O)CCn2c(=O)[nH]c(=O)c3ccccc32)c(C(=O)N2CCCCC2)cc1OC. The van der Waals surface area contributed by atoms with E-state index in [1.807, 2.05) is 0 Å². The van der Waals surface area contributed by atoms with Gasteiger partial charge in [0.25, 0.3) is 11.5 Å². The molecule has 0 atom stereocenters. The minimum Gasteiger partial charge on any atom is -0.493 e. The van der Waals surface area contributed by atoms with Crippen LogP contribution in [0.2, 0.25) is 0 Å². The number of fused-ring (bicyclic) bond motifs is 1. The molecule has 2 heterocycles. The van der Waals surface area contributed by atoms with Crippen molar-refractivity contribution in [2.45, 2.75) is 32.2 Å². The van der Waals surface area contributed by atoms with Gasteiger partial charge in [-0.2, -0.15) is 0 Å². The second-order valence-corrected chi connectivity index (χ2v) is 8.33. The number of ether oxygens (including phenoxy) is 2.